The van der Waals surface area contributed by atoms with Gasteiger partial charge in [-0.1, -0.05) is 11.6 Å². The van der Waals surface area contributed by atoms with Crippen molar-refractivity contribution in [2.24, 2.45) is 0 Å². The van der Waals surface area contributed by atoms with Gasteiger partial charge >= 0.3 is 5.97 Å². The van der Waals surface area contributed by atoms with Gasteiger partial charge in [0.2, 0.25) is 0 Å². The zero-order chi connectivity index (χ0) is 15.8. The van der Waals surface area contributed by atoms with E-state index in [9.17, 15) is 9.59 Å². The molecule has 0 saturated heterocycles. The summed E-state index contributed by atoms with van der Waals surface area (Å²) in [6, 6.07) is 5.05. The number of carboxylic acids is 1. The third-order valence-corrected chi connectivity index (χ3v) is 2.97. The molecule has 1 amide bonds. The first-order valence-electron chi connectivity index (χ1n) is 6.31. The molecule has 0 aromatic heterocycles. The molecule has 1 aromatic rings. The fourth-order valence-corrected chi connectivity index (χ4v) is 1.89. The molecule has 0 atom stereocenters. The molecule has 0 unspecified atom stereocenters. The number of ether oxygens (including phenoxy) is 2. The number of carboxylic acid groups (broad SMARTS) is 1. The first-order chi connectivity index (χ1) is 9.93. The Labute approximate surface area is 128 Å². The molecule has 7 heteroatoms. The third-order valence-electron chi connectivity index (χ3n) is 2.73. The SMILES string of the molecule is COCCN(CC(=O)O)C(=O)COc1ccc(Cl)cc1C. The maximum absolute atomic E-state index is 12.0. The van der Waals surface area contributed by atoms with Gasteiger partial charge in [0.25, 0.3) is 5.91 Å². The van der Waals surface area contributed by atoms with E-state index in [1.165, 1.54) is 12.0 Å². The van der Waals surface area contributed by atoms with Gasteiger partial charge in [0.1, 0.15) is 12.3 Å². The largest absolute Gasteiger partial charge is 0.483 e. The van der Waals surface area contributed by atoms with Gasteiger partial charge < -0.3 is 19.5 Å². The van der Waals surface area contributed by atoms with Crippen LogP contribution in [0.2, 0.25) is 5.02 Å². The van der Waals surface area contributed by atoms with Crippen LogP contribution in [-0.2, 0) is 14.3 Å². The van der Waals surface area contributed by atoms with E-state index in [0.29, 0.717) is 10.8 Å². The Bertz CT molecular complexity index is 506. The molecule has 0 fully saturated rings. The quantitative estimate of drug-likeness (QED) is 0.788. The van der Waals surface area contributed by atoms with E-state index in [1.807, 2.05) is 6.92 Å². The van der Waals surface area contributed by atoms with Gasteiger partial charge in [-0.3, -0.25) is 9.59 Å². The lowest BCUT2D eigenvalue weighted by Gasteiger charge is -2.20. The molecule has 116 valence electrons. The number of methoxy groups -OCH3 is 1. The third kappa shape index (κ3) is 6.01. The second kappa shape index (κ2) is 8.49. The number of amides is 1. The van der Waals surface area contributed by atoms with E-state index in [4.69, 9.17) is 26.2 Å². The van der Waals surface area contributed by atoms with Gasteiger partial charge in [-0.05, 0) is 30.7 Å². The highest BCUT2D eigenvalue weighted by atomic mass is 35.5. The topological polar surface area (TPSA) is 76.1 Å². The highest BCUT2D eigenvalue weighted by Gasteiger charge is 2.17. The number of hydrogen-bond donors (Lipinski definition) is 1. The maximum atomic E-state index is 12.0. The Hall–Kier alpha value is -1.79. The molecule has 21 heavy (non-hydrogen) atoms. The summed E-state index contributed by atoms with van der Waals surface area (Å²) in [6.07, 6.45) is 0. The summed E-state index contributed by atoms with van der Waals surface area (Å²) in [7, 11) is 1.48. The minimum Gasteiger partial charge on any atom is -0.483 e. The number of rotatable bonds is 8. The number of hydrogen-bond acceptors (Lipinski definition) is 4. The Morgan fingerprint density at radius 1 is 1.38 bits per heavy atom. The molecular weight excluding hydrogens is 298 g/mol. The van der Waals surface area contributed by atoms with Crippen LogP contribution < -0.4 is 4.74 Å². The van der Waals surface area contributed by atoms with Crippen LogP contribution in [0.25, 0.3) is 0 Å². The van der Waals surface area contributed by atoms with Gasteiger partial charge in [0, 0.05) is 18.7 Å². The number of carbonyl (C=O) groups is 2. The molecule has 0 saturated carbocycles. The Balaban J connectivity index is 2.61. The average molecular weight is 316 g/mol. The monoisotopic (exact) mass is 315 g/mol. The molecule has 0 aliphatic carbocycles. The van der Waals surface area contributed by atoms with Gasteiger partial charge in [-0.15, -0.1) is 0 Å². The predicted molar refractivity (Wildman–Crippen MR) is 77.8 cm³/mol. The fourth-order valence-electron chi connectivity index (χ4n) is 1.66. The van der Waals surface area contributed by atoms with Crippen molar-refractivity contribution in [1.82, 2.24) is 4.90 Å². The fraction of sp³-hybridized carbons (Fsp3) is 0.429. The molecular formula is C14H18ClNO5. The van der Waals surface area contributed by atoms with E-state index >= 15 is 0 Å². The summed E-state index contributed by atoms with van der Waals surface area (Å²) >= 11 is 5.83. The molecule has 1 aromatic carbocycles. The summed E-state index contributed by atoms with van der Waals surface area (Å²) in [5, 5.41) is 9.38. The van der Waals surface area contributed by atoms with Crippen LogP contribution in [0.1, 0.15) is 5.56 Å². The normalized spacial score (nSPS) is 10.2. The van der Waals surface area contributed by atoms with Crippen molar-refractivity contribution in [3.63, 3.8) is 0 Å². The van der Waals surface area contributed by atoms with Gasteiger partial charge in [-0.2, -0.15) is 0 Å². The lowest BCUT2D eigenvalue weighted by molar-refractivity contribution is -0.145. The van der Waals surface area contributed by atoms with Gasteiger partial charge in [0.05, 0.1) is 6.61 Å². The van der Waals surface area contributed by atoms with Crippen LogP contribution in [0.15, 0.2) is 18.2 Å². The number of carbonyl (C=O) groups excluding carboxylic acids is 1. The molecule has 0 spiro atoms. The maximum Gasteiger partial charge on any atom is 0.323 e. The Morgan fingerprint density at radius 2 is 2.10 bits per heavy atom. The highest BCUT2D eigenvalue weighted by molar-refractivity contribution is 6.30. The zero-order valence-electron chi connectivity index (χ0n) is 12.0. The summed E-state index contributed by atoms with van der Waals surface area (Å²) in [6.45, 7) is 1.65. The average Bonchev–Trinajstić information content (AvgIpc) is 2.41. The predicted octanol–water partition coefficient (Wildman–Crippen LogP) is 1.59. The van der Waals surface area contributed by atoms with E-state index in [2.05, 4.69) is 0 Å². The van der Waals surface area contributed by atoms with Crippen LogP contribution in [0.5, 0.6) is 5.75 Å². The number of nitrogens with zero attached hydrogens (tertiary/aromatic N) is 1. The van der Waals surface area contributed by atoms with Crippen LogP contribution >= 0.6 is 11.6 Å². The van der Waals surface area contributed by atoms with Crippen LogP contribution in [0.3, 0.4) is 0 Å². The summed E-state index contributed by atoms with van der Waals surface area (Å²) in [5.41, 5.74) is 0.803. The minimum atomic E-state index is -1.08. The van der Waals surface area contributed by atoms with Crippen molar-refractivity contribution < 1.29 is 24.2 Å². The smallest absolute Gasteiger partial charge is 0.323 e. The van der Waals surface area contributed by atoms with Crippen LogP contribution in [0.4, 0.5) is 0 Å². The molecule has 0 aliphatic rings. The second-order valence-corrected chi connectivity index (χ2v) is 4.84. The lowest BCUT2D eigenvalue weighted by Crippen LogP contribution is -2.40. The van der Waals surface area contributed by atoms with Crippen LogP contribution in [0, 0.1) is 6.92 Å². The first kappa shape index (κ1) is 17.3. The molecule has 6 nitrogen and oxygen atoms in total. The number of aliphatic carboxylic acids is 1. The summed E-state index contributed by atoms with van der Waals surface area (Å²) in [5.74, 6) is -0.958. The van der Waals surface area contributed by atoms with Crippen molar-refractivity contribution >= 4 is 23.5 Å². The van der Waals surface area contributed by atoms with E-state index in [1.54, 1.807) is 18.2 Å². The molecule has 0 radical (unpaired) electrons. The van der Waals surface area contributed by atoms with Crippen LogP contribution in [-0.4, -0.2) is 55.3 Å². The van der Waals surface area contributed by atoms with Crippen molar-refractivity contribution in [2.75, 3.05) is 33.4 Å². The highest BCUT2D eigenvalue weighted by Crippen LogP contribution is 2.21. The van der Waals surface area contributed by atoms with E-state index in [0.717, 1.165) is 5.56 Å². The number of halogens is 1. The molecule has 1 N–H and O–H groups in total. The first-order valence-corrected chi connectivity index (χ1v) is 6.69. The lowest BCUT2D eigenvalue weighted by atomic mass is 10.2. The molecule has 0 heterocycles. The zero-order valence-corrected chi connectivity index (χ0v) is 12.7. The van der Waals surface area contributed by atoms with Gasteiger partial charge in [0.15, 0.2) is 6.61 Å². The minimum absolute atomic E-state index is 0.199. The Kier molecular flexibility index (Phi) is 6.98. The molecule has 0 aliphatic heterocycles. The van der Waals surface area contributed by atoms with E-state index < -0.39 is 11.9 Å². The number of benzene rings is 1. The van der Waals surface area contributed by atoms with Gasteiger partial charge in [-0.25, -0.2) is 0 Å². The van der Waals surface area contributed by atoms with E-state index in [-0.39, 0.29) is 26.3 Å². The van der Waals surface area contributed by atoms with Crippen molar-refractivity contribution in [1.29, 1.82) is 0 Å². The second-order valence-electron chi connectivity index (χ2n) is 4.40. The molecule has 0 bridgehead atoms. The Morgan fingerprint density at radius 3 is 2.67 bits per heavy atom. The summed E-state index contributed by atoms with van der Waals surface area (Å²) in [4.78, 5) is 23.9. The number of aryl methyl sites for hydroxylation is 1. The van der Waals surface area contributed by atoms with Crippen molar-refractivity contribution in [3.05, 3.63) is 28.8 Å². The summed E-state index contributed by atoms with van der Waals surface area (Å²) < 4.78 is 10.3. The molecule has 1 rings (SSSR count). The standard InChI is InChI=1S/C14H18ClNO5/c1-10-7-11(15)3-4-12(10)21-9-13(17)16(5-6-20-2)8-14(18)19/h3-4,7H,5-6,8-9H2,1-2H3,(H,18,19). The van der Waals surface area contributed by atoms with Crippen molar-refractivity contribution in [2.45, 2.75) is 6.92 Å². The van der Waals surface area contributed by atoms with Crippen molar-refractivity contribution in [3.8, 4) is 5.75 Å².